The van der Waals surface area contributed by atoms with Crippen LogP contribution in [-0.4, -0.2) is 31.6 Å². The normalized spacial score (nSPS) is 14.1. The molecule has 0 aliphatic carbocycles. The molecule has 0 fully saturated rings. The second-order valence-corrected chi connectivity index (χ2v) is 4.48. The molecule has 0 saturated carbocycles. The summed E-state index contributed by atoms with van der Waals surface area (Å²) in [6, 6.07) is 1.14. The third-order valence-electron chi connectivity index (χ3n) is 3.23. The van der Waals surface area contributed by atoms with E-state index in [9.17, 15) is 23.1 Å². The summed E-state index contributed by atoms with van der Waals surface area (Å²) in [5.41, 5.74) is -3.03. The Kier molecular flexibility index (Phi) is 5.65. The molecule has 1 N–H and O–H groups in total. The molecular weight excluding hydrogens is 299 g/mol. The SMILES string of the molecule is CC.CCC(O)(Cn1ccc(=O)c2cnncc21)C(F)(F)F. The molecule has 22 heavy (non-hydrogen) atoms. The number of alkyl halides is 3. The van der Waals surface area contributed by atoms with E-state index < -0.39 is 24.7 Å². The molecule has 122 valence electrons. The van der Waals surface area contributed by atoms with E-state index in [0.717, 1.165) is 10.6 Å². The van der Waals surface area contributed by atoms with Gasteiger partial charge in [0.1, 0.15) is 0 Å². The van der Waals surface area contributed by atoms with Crippen LogP contribution in [0.25, 0.3) is 10.9 Å². The summed E-state index contributed by atoms with van der Waals surface area (Å²) >= 11 is 0. The zero-order valence-corrected chi connectivity index (χ0v) is 12.6. The van der Waals surface area contributed by atoms with Crippen molar-refractivity contribution in [1.29, 1.82) is 0 Å². The highest BCUT2D eigenvalue weighted by atomic mass is 19.4. The minimum absolute atomic E-state index is 0.156. The van der Waals surface area contributed by atoms with Crippen LogP contribution in [0.1, 0.15) is 27.2 Å². The van der Waals surface area contributed by atoms with Gasteiger partial charge in [0.15, 0.2) is 11.0 Å². The summed E-state index contributed by atoms with van der Waals surface area (Å²) < 4.78 is 39.9. The minimum Gasteiger partial charge on any atom is -0.379 e. The first-order chi connectivity index (χ1) is 10.3. The number of fused-ring (bicyclic) bond motifs is 1. The van der Waals surface area contributed by atoms with Gasteiger partial charge in [-0.25, -0.2) is 0 Å². The van der Waals surface area contributed by atoms with Gasteiger partial charge in [-0.15, -0.1) is 0 Å². The molecule has 1 unspecified atom stereocenters. The van der Waals surface area contributed by atoms with Crippen molar-refractivity contribution >= 4 is 10.9 Å². The first kappa shape index (κ1) is 18.1. The lowest BCUT2D eigenvalue weighted by molar-refractivity contribution is -0.265. The largest absolute Gasteiger partial charge is 0.418 e. The molecule has 2 aromatic heterocycles. The summed E-state index contributed by atoms with van der Waals surface area (Å²) in [4.78, 5) is 11.6. The maximum atomic E-state index is 12.9. The smallest absolute Gasteiger partial charge is 0.379 e. The van der Waals surface area contributed by atoms with Gasteiger partial charge in [-0.1, -0.05) is 20.8 Å². The van der Waals surface area contributed by atoms with Gasteiger partial charge in [0.2, 0.25) is 0 Å². The molecule has 2 rings (SSSR count). The molecule has 0 aromatic carbocycles. The van der Waals surface area contributed by atoms with Gasteiger partial charge < -0.3 is 9.67 Å². The Hall–Kier alpha value is -1.96. The van der Waals surface area contributed by atoms with Crippen LogP contribution < -0.4 is 5.43 Å². The van der Waals surface area contributed by atoms with E-state index in [0.29, 0.717) is 0 Å². The van der Waals surface area contributed by atoms with Gasteiger partial charge in [0, 0.05) is 12.3 Å². The fourth-order valence-electron chi connectivity index (χ4n) is 1.88. The van der Waals surface area contributed by atoms with Crippen LogP contribution in [0.2, 0.25) is 0 Å². The number of pyridine rings is 1. The molecule has 1 atom stereocenters. The van der Waals surface area contributed by atoms with Crippen LogP contribution in [0.5, 0.6) is 0 Å². The molecule has 5 nitrogen and oxygen atoms in total. The zero-order valence-electron chi connectivity index (χ0n) is 12.6. The van der Waals surface area contributed by atoms with Crippen LogP contribution in [-0.2, 0) is 6.54 Å². The third kappa shape index (κ3) is 3.44. The fraction of sp³-hybridized carbons (Fsp3) is 0.500. The monoisotopic (exact) mass is 317 g/mol. The Morgan fingerprint density at radius 3 is 2.36 bits per heavy atom. The highest BCUT2D eigenvalue weighted by molar-refractivity contribution is 5.76. The van der Waals surface area contributed by atoms with E-state index in [2.05, 4.69) is 10.2 Å². The molecule has 0 aliphatic rings. The van der Waals surface area contributed by atoms with Gasteiger partial charge >= 0.3 is 6.18 Å². The molecule has 0 bridgehead atoms. The summed E-state index contributed by atoms with van der Waals surface area (Å²) in [6.07, 6.45) is -1.67. The summed E-state index contributed by atoms with van der Waals surface area (Å²) in [5, 5.41) is 17.0. The van der Waals surface area contributed by atoms with Gasteiger partial charge in [-0.05, 0) is 6.42 Å². The maximum absolute atomic E-state index is 12.9. The second-order valence-electron chi connectivity index (χ2n) is 4.48. The van der Waals surface area contributed by atoms with Crippen molar-refractivity contribution in [3.05, 3.63) is 34.9 Å². The third-order valence-corrected chi connectivity index (χ3v) is 3.23. The van der Waals surface area contributed by atoms with Crippen LogP contribution in [0, 0.1) is 0 Å². The number of nitrogens with zero attached hydrogens (tertiary/aromatic N) is 3. The van der Waals surface area contributed by atoms with Crippen molar-refractivity contribution in [1.82, 2.24) is 14.8 Å². The van der Waals surface area contributed by atoms with Crippen LogP contribution in [0.15, 0.2) is 29.5 Å². The lowest BCUT2D eigenvalue weighted by atomic mass is 10.00. The predicted molar refractivity (Wildman–Crippen MR) is 76.4 cm³/mol. The Morgan fingerprint density at radius 2 is 1.82 bits per heavy atom. The van der Waals surface area contributed by atoms with Crippen LogP contribution >= 0.6 is 0 Å². The van der Waals surface area contributed by atoms with Crippen molar-refractivity contribution in [2.24, 2.45) is 0 Å². The maximum Gasteiger partial charge on any atom is 0.418 e. The lowest BCUT2D eigenvalue weighted by Gasteiger charge is -2.30. The number of rotatable bonds is 3. The summed E-state index contributed by atoms with van der Waals surface area (Å²) in [7, 11) is 0. The molecule has 0 saturated heterocycles. The Morgan fingerprint density at radius 1 is 1.23 bits per heavy atom. The van der Waals surface area contributed by atoms with Crippen molar-refractivity contribution in [2.75, 3.05) is 0 Å². The molecule has 2 heterocycles. The highest BCUT2D eigenvalue weighted by Crippen LogP contribution is 2.34. The summed E-state index contributed by atoms with van der Waals surface area (Å²) in [6.45, 7) is 4.54. The number of halogens is 3. The Labute approximate surface area is 125 Å². The molecule has 2 aromatic rings. The molecule has 8 heteroatoms. The first-order valence-corrected chi connectivity index (χ1v) is 6.87. The van der Waals surface area contributed by atoms with Gasteiger partial charge in [0.05, 0.1) is 29.8 Å². The molecule has 0 spiro atoms. The van der Waals surface area contributed by atoms with Crippen LogP contribution in [0.3, 0.4) is 0 Å². The van der Waals surface area contributed by atoms with Gasteiger partial charge in [-0.3, -0.25) is 4.79 Å². The number of hydrogen-bond acceptors (Lipinski definition) is 4. The topological polar surface area (TPSA) is 68.0 Å². The van der Waals surface area contributed by atoms with E-state index in [1.165, 1.54) is 25.5 Å². The van der Waals surface area contributed by atoms with E-state index in [1.807, 2.05) is 13.8 Å². The fourth-order valence-corrected chi connectivity index (χ4v) is 1.88. The van der Waals surface area contributed by atoms with E-state index >= 15 is 0 Å². The van der Waals surface area contributed by atoms with Crippen molar-refractivity contribution in [3.63, 3.8) is 0 Å². The second kappa shape index (κ2) is 6.87. The standard InChI is InChI=1S/C12H12F3N3O2.C2H6/c1-2-11(20,12(13,14)15)7-18-4-3-10(19)8-5-16-17-6-9(8)18;1-2/h3-6,20H,2,7H2,1H3;1-2H3. The van der Waals surface area contributed by atoms with Crippen molar-refractivity contribution in [3.8, 4) is 0 Å². The Bertz CT molecular complexity index is 685. The molecule has 0 aliphatic heterocycles. The predicted octanol–water partition coefficient (Wildman–Crippen LogP) is 2.52. The number of aromatic nitrogens is 3. The van der Waals surface area contributed by atoms with E-state index in [4.69, 9.17) is 0 Å². The molecular formula is C14H18F3N3O2. The van der Waals surface area contributed by atoms with Crippen molar-refractivity contribution in [2.45, 2.75) is 45.5 Å². The highest BCUT2D eigenvalue weighted by Gasteiger charge is 2.52. The average Bonchev–Trinajstić information content (AvgIpc) is 2.51. The van der Waals surface area contributed by atoms with Gasteiger partial charge in [0.25, 0.3) is 0 Å². The first-order valence-electron chi connectivity index (χ1n) is 6.87. The van der Waals surface area contributed by atoms with Crippen LogP contribution in [0.4, 0.5) is 13.2 Å². The average molecular weight is 317 g/mol. The Balaban J connectivity index is 0.00000116. The summed E-state index contributed by atoms with van der Waals surface area (Å²) in [5.74, 6) is 0. The lowest BCUT2D eigenvalue weighted by Crippen LogP contribution is -2.48. The molecule has 0 amide bonds. The number of aliphatic hydroxyl groups is 1. The zero-order chi connectivity index (χ0) is 17.0. The molecule has 0 radical (unpaired) electrons. The minimum atomic E-state index is -4.77. The quantitative estimate of drug-likeness (QED) is 0.944. The van der Waals surface area contributed by atoms with E-state index in [-0.39, 0.29) is 16.3 Å². The number of hydrogen-bond donors (Lipinski definition) is 1. The van der Waals surface area contributed by atoms with Crippen molar-refractivity contribution < 1.29 is 18.3 Å². The van der Waals surface area contributed by atoms with E-state index in [1.54, 1.807) is 0 Å². The van der Waals surface area contributed by atoms with Gasteiger partial charge in [-0.2, -0.15) is 23.4 Å².